The van der Waals surface area contributed by atoms with Crippen molar-refractivity contribution in [1.29, 1.82) is 0 Å². The maximum Gasteiger partial charge on any atom is 0.331 e. The van der Waals surface area contributed by atoms with Crippen LogP contribution in [0.4, 0.5) is 10.8 Å². The molecule has 0 aliphatic heterocycles. The number of thiazole rings is 1. The number of ether oxygens (including phenoxy) is 1. The third kappa shape index (κ3) is 5.32. The van der Waals surface area contributed by atoms with E-state index >= 15 is 0 Å². The molecule has 33 heavy (non-hydrogen) atoms. The Morgan fingerprint density at radius 2 is 1.88 bits per heavy atom. The molecule has 0 atom stereocenters. The molecule has 166 valence electrons. The second-order valence-electron chi connectivity index (χ2n) is 7.36. The van der Waals surface area contributed by atoms with Crippen molar-refractivity contribution in [3.8, 4) is 0 Å². The minimum Gasteiger partial charge on any atom is -0.456 e. The van der Waals surface area contributed by atoms with Crippen molar-refractivity contribution in [2.75, 3.05) is 4.90 Å². The van der Waals surface area contributed by atoms with Gasteiger partial charge >= 0.3 is 5.97 Å². The summed E-state index contributed by atoms with van der Waals surface area (Å²) in [5.74, 6) is -0.611. The highest BCUT2D eigenvalue weighted by Gasteiger charge is 2.18. The van der Waals surface area contributed by atoms with Gasteiger partial charge in [0.25, 0.3) is 0 Å². The van der Waals surface area contributed by atoms with Gasteiger partial charge in [0.1, 0.15) is 6.61 Å². The molecule has 0 radical (unpaired) electrons. The number of anilines is 2. The third-order valence-corrected chi connectivity index (χ3v) is 5.95. The van der Waals surface area contributed by atoms with Crippen LogP contribution in [-0.4, -0.2) is 21.8 Å². The van der Waals surface area contributed by atoms with Crippen LogP contribution in [0.15, 0.2) is 72.3 Å². The first-order valence-electron chi connectivity index (χ1n) is 10.6. The summed E-state index contributed by atoms with van der Waals surface area (Å²) in [7, 11) is 0. The first kappa shape index (κ1) is 22.4. The van der Waals surface area contributed by atoms with Gasteiger partial charge in [-0.05, 0) is 36.3 Å². The number of aromatic nitrogens is 2. The number of para-hydroxylation sites is 1. The van der Waals surface area contributed by atoms with Gasteiger partial charge < -0.3 is 4.74 Å². The molecule has 6 nitrogen and oxygen atoms in total. The van der Waals surface area contributed by atoms with Crippen molar-refractivity contribution in [2.45, 2.75) is 26.9 Å². The maximum atomic E-state index is 12.3. The average molecular weight is 458 g/mol. The van der Waals surface area contributed by atoms with Crippen molar-refractivity contribution >= 4 is 51.0 Å². The van der Waals surface area contributed by atoms with E-state index in [1.165, 1.54) is 29.9 Å². The van der Waals surface area contributed by atoms with E-state index in [9.17, 15) is 9.59 Å². The number of esters is 1. The molecule has 2 heterocycles. The molecule has 4 aromatic rings. The number of nitrogens with zero attached hydrogens (tertiary/aromatic N) is 3. The molecular formula is C26H23N3O3S. The summed E-state index contributed by atoms with van der Waals surface area (Å²) in [5.41, 5.74) is 4.20. The van der Waals surface area contributed by atoms with Crippen LogP contribution in [0, 0.1) is 0 Å². The zero-order valence-corrected chi connectivity index (χ0v) is 19.2. The van der Waals surface area contributed by atoms with E-state index in [-0.39, 0.29) is 12.5 Å². The fourth-order valence-corrected chi connectivity index (χ4v) is 4.26. The molecule has 0 aliphatic carbocycles. The lowest BCUT2D eigenvalue weighted by atomic mass is 10.1. The second-order valence-corrected chi connectivity index (χ2v) is 8.20. The zero-order valence-electron chi connectivity index (χ0n) is 18.4. The van der Waals surface area contributed by atoms with Crippen molar-refractivity contribution in [3.05, 3.63) is 89.1 Å². The van der Waals surface area contributed by atoms with Gasteiger partial charge in [0.2, 0.25) is 5.91 Å². The number of rotatable bonds is 7. The highest BCUT2D eigenvalue weighted by molar-refractivity contribution is 7.14. The van der Waals surface area contributed by atoms with Crippen LogP contribution in [0.5, 0.6) is 0 Å². The number of aryl methyl sites for hydroxylation is 1. The lowest BCUT2D eigenvalue weighted by Gasteiger charge is -2.18. The number of carbonyl (C=O) groups is 2. The molecule has 4 rings (SSSR count). The molecule has 1 amide bonds. The Labute approximate surface area is 196 Å². The van der Waals surface area contributed by atoms with Crippen LogP contribution in [0.25, 0.3) is 17.0 Å². The summed E-state index contributed by atoms with van der Waals surface area (Å²) in [6.45, 7) is 3.61. The van der Waals surface area contributed by atoms with Gasteiger partial charge in [-0.3, -0.25) is 14.7 Å². The smallest absolute Gasteiger partial charge is 0.331 e. The molecule has 0 N–H and O–H groups in total. The van der Waals surface area contributed by atoms with Crippen molar-refractivity contribution in [1.82, 2.24) is 9.97 Å². The minimum atomic E-state index is -0.476. The maximum absolute atomic E-state index is 12.3. The van der Waals surface area contributed by atoms with Gasteiger partial charge in [-0.2, -0.15) is 0 Å². The van der Waals surface area contributed by atoms with Crippen molar-refractivity contribution in [3.63, 3.8) is 0 Å². The fraction of sp³-hybridized carbons (Fsp3) is 0.154. The van der Waals surface area contributed by atoms with E-state index in [1.54, 1.807) is 22.6 Å². The number of amides is 1. The normalized spacial score (nSPS) is 11.1. The summed E-state index contributed by atoms with van der Waals surface area (Å²) in [4.78, 5) is 34.9. The van der Waals surface area contributed by atoms with Crippen LogP contribution in [0.1, 0.15) is 30.7 Å². The van der Waals surface area contributed by atoms with Gasteiger partial charge in [-0.25, -0.2) is 9.78 Å². The molecule has 2 aromatic heterocycles. The molecule has 0 bridgehead atoms. The average Bonchev–Trinajstić information content (AvgIpc) is 3.30. The van der Waals surface area contributed by atoms with Crippen LogP contribution >= 0.6 is 11.3 Å². The van der Waals surface area contributed by atoms with Crippen LogP contribution < -0.4 is 4.90 Å². The monoisotopic (exact) mass is 457 g/mol. The molecule has 0 spiro atoms. The minimum absolute atomic E-state index is 0.0218. The van der Waals surface area contributed by atoms with E-state index in [1.807, 2.05) is 54.6 Å². The molecule has 2 aromatic carbocycles. The summed E-state index contributed by atoms with van der Waals surface area (Å²) >= 11 is 1.33. The van der Waals surface area contributed by atoms with E-state index < -0.39 is 5.97 Å². The fourth-order valence-electron chi connectivity index (χ4n) is 3.39. The number of carbonyl (C=O) groups excluding carboxylic acids is 2. The Hall–Kier alpha value is -3.84. The predicted molar refractivity (Wildman–Crippen MR) is 131 cm³/mol. The molecule has 0 saturated carbocycles. The van der Waals surface area contributed by atoms with E-state index in [0.717, 1.165) is 28.6 Å². The summed E-state index contributed by atoms with van der Waals surface area (Å²) in [5, 5.41) is 3.33. The van der Waals surface area contributed by atoms with Crippen molar-refractivity contribution in [2.24, 2.45) is 0 Å². The Morgan fingerprint density at radius 1 is 1.09 bits per heavy atom. The zero-order chi connectivity index (χ0) is 23.2. The Morgan fingerprint density at radius 3 is 2.64 bits per heavy atom. The number of hydrogen-bond acceptors (Lipinski definition) is 6. The van der Waals surface area contributed by atoms with Crippen LogP contribution in [0.2, 0.25) is 0 Å². The molecule has 0 saturated heterocycles. The lowest BCUT2D eigenvalue weighted by Crippen LogP contribution is -2.22. The van der Waals surface area contributed by atoms with E-state index in [2.05, 4.69) is 16.9 Å². The molecule has 7 heteroatoms. The standard InChI is InChI=1S/C26H23N3O3S/c1-3-19-9-12-23(13-10-19)29(18(2)30)26-28-22(17-33-26)16-32-24(31)14-11-21-7-4-6-20-8-5-15-27-25(20)21/h4-15,17H,3,16H2,1-2H3/b14-11+. The summed E-state index contributed by atoms with van der Waals surface area (Å²) in [6, 6.07) is 17.5. The topological polar surface area (TPSA) is 72.4 Å². The van der Waals surface area contributed by atoms with Gasteiger partial charge in [-0.15, -0.1) is 11.3 Å². The molecular weight excluding hydrogens is 434 g/mol. The highest BCUT2D eigenvalue weighted by atomic mass is 32.1. The second kappa shape index (κ2) is 10.2. The van der Waals surface area contributed by atoms with Crippen LogP contribution in [-0.2, 0) is 27.4 Å². The number of fused-ring (bicyclic) bond motifs is 1. The molecule has 0 aliphatic rings. The first-order valence-corrected chi connectivity index (χ1v) is 11.5. The Kier molecular flexibility index (Phi) is 6.90. The first-order chi connectivity index (χ1) is 16.0. The largest absolute Gasteiger partial charge is 0.456 e. The van der Waals surface area contributed by atoms with E-state index in [4.69, 9.17) is 4.74 Å². The number of pyridine rings is 1. The third-order valence-electron chi connectivity index (χ3n) is 5.07. The molecule has 0 fully saturated rings. The Bertz CT molecular complexity index is 1310. The van der Waals surface area contributed by atoms with E-state index in [0.29, 0.717) is 10.8 Å². The lowest BCUT2D eigenvalue weighted by molar-refractivity contribution is -0.139. The predicted octanol–water partition coefficient (Wildman–Crippen LogP) is 5.69. The van der Waals surface area contributed by atoms with Crippen LogP contribution in [0.3, 0.4) is 0 Å². The molecule has 0 unspecified atom stereocenters. The van der Waals surface area contributed by atoms with Gasteiger partial charge in [-0.1, -0.05) is 43.3 Å². The van der Waals surface area contributed by atoms with Gasteiger partial charge in [0.15, 0.2) is 5.13 Å². The number of hydrogen-bond donors (Lipinski definition) is 0. The highest BCUT2D eigenvalue weighted by Crippen LogP contribution is 2.29. The van der Waals surface area contributed by atoms with Gasteiger partial charge in [0.05, 0.1) is 16.9 Å². The Balaban J connectivity index is 1.42. The van der Waals surface area contributed by atoms with Crippen molar-refractivity contribution < 1.29 is 14.3 Å². The number of benzene rings is 2. The van der Waals surface area contributed by atoms with Gasteiger partial charge in [0, 0.05) is 35.5 Å². The SMILES string of the molecule is CCc1ccc(N(C(C)=O)c2nc(COC(=O)/C=C/c3cccc4cccnc34)cs2)cc1. The summed E-state index contributed by atoms with van der Waals surface area (Å²) in [6.07, 6.45) is 5.73. The summed E-state index contributed by atoms with van der Waals surface area (Å²) < 4.78 is 5.35. The quantitative estimate of drug-likeness (QED) is 0.263.